The number of anilines is 1. The summed E-state index contributed by atoms with van der Waals surface area (Å²) < 4.78 is 0. The summed E-state index contributed by atoms with van der Waals surface area (Å²) in [4.78, 5) is 9.74. The number of aromatic nitrogens is 2. The van der Waals surface area contributed by atoms with Gasteiger partial charge in [0.1, 0.15) is 11.9 Å². The van der Waals surface area contributed by atoms with Crippen LogP contribution in [0.4, 0.5) is 5.82 Å². The van der Waals surface area contributed by atoms with E-state index in [1.165, 1.54) is 0 Å². The zero-order chi connectivity index (χ0) is 8.97. The molecule has 4 nitrogen and oxygen atoms in total. The van der Waals surface area contributed by atoms with Crippen molar-refractivity contribution in [2.45, 2.75) is 6.92 Å². The number of nitrogens with zero attached hydrogens (tertiary/aromatic N) is 4. The van der Waals surface area contributed by atoms with Crippen molar-refractivity contribution in [2.24, 2.45) is 0 Å². The molecule has 1 aromatic heterocycles. The number of rotatable bonds is 2. The molecule has 0 aromatic carbocycles. The van der Waals surface area contributed by atoms with Crippen LogP contribution in [0.3, 0.4) is 0 Å². The van der Waals surface area contributed by atoms with Crippen LogP contribution in [0, 0.1) is 11.3 Å². The first-order valence-electron chi connectivity index (χ1n) is 3.72. The fourth-order valence-corrected chi connectivity index (χ4v) is 0.778. The summed E-state index contributed by atoms with van der Waals surface area (Å²) in [5.74, 6) is 0.997. The molecular weight excluding hydrogens is 152 g/mol. The van der Waals surface area contributed by atoms with E-state index in [0.717, 1.165) is 12.4 Å². The Morgan fingerprint density at radius 2 is 2.42 bits per heavy atom. The van der Waals surface area contributed by atoms with Crippen LogP contribution in [0.25, 0.3) is 0 Å². The molecule has 0 bridgehead atoms. The third-order valence-electron chi connectivity index (χ3n) is 1.61. The predicted octanol–water partition coefficient (Wildman–Crippen LogP) is 0.804. The van der Waals surface area contributed by atoms with Crippen LogP contribution >= 0.6 is 0 Å². The van der Waals surface area contributed by atoms with E-state index in [4.69, 9.17) is 5.26 Å². The molecule has 0 saturated carbocycles. The molecule has 4 heteroatoms. The summed E-state index contributed by atoms with van der Waals surface area (Å²) >= 11 is 0. The van der Waals surface area contributed by atoms with Gasteiger partial charge in [-0.05, 0) is 13.0 Å². The van der Waals surface area contributed by atoms with Gasteiger partial charge in [-0.2, -0.15) is 5.26 Å². The van der Waals surface area contributed by atoms with Gasteiger partial charge in [0.05, 0.1) is 0 Å². The second-order valence-electron chi connectivity index (χ2n) is 2.36. The van der Waals surface area contributed by atoms with Crippen LogP contribution in [0.15, 0.2) is 12.3 Å². The third kappa shape index (κ3) is 1.70. The minimum absolute atomic E-state index is 0.216. The highest BCUT2D eigenvalue weighted by atomic mass is 15.2. The smallest absolute Gasteiger partial charge is 0.234 e. The molecule has 0 fully saturated rings. The van der Waals surface area contributed by atoms with Gasteiger partial charge in [0, 0.05) is 19.8 Å². The minimum atomic E-state index is 0.216. The van der Waals surface area contributed by atoms with E-state index < -0.39 is 0 Å². The molecular formula is C8H10N4. The van der Waals surface area contributed by atoms with Gasteiger partial charge in [-0.15, -0.1) is 0 Å². The second kappa shape index (κ2) is 3.67. The van der Waals surface area contributed by atoms with Crippen molar-refractivity contribution in [1.29, 1.82) is 5.26 Å². The highest BCUT2D eigenvalue weighted by molar-refractivity contribution is 5.37. The second-order valence-corrected chi connectivity index (χ2v) is 2.36. The third-order valence-corrected chi connectivity index (χ3v) is 1.61. The molecule has 1 aromatic rings. The zero-order valence-electron chi connectivity index (χ0n) is 7.15. The van der Waals surface area contributed by atoms with Crippen LogP contribution in [-0.4, -0.2) is 23.6 Å². The van der Waals surface area contributed by atoms with Gasteiger partial charge in [0.25, 0.3) is 0 Å². The molecule has 62 valence electrons. The van der Waals surface area contributed by atoms with E-state index >= 15 is 0 Å². The van der Waals surface area contributed by atoms with Gasteiger partial charge in [-0.3, -0.25) is 0 Å². The van der Waals surface area contributed by atoms with E-state index in [9.17, 15) is 0 Å². The van der Waals surface area contributed by atoms with Crippen molar-refractivity contribution in [1.82, 2.24) is 9.97 Å². The molecule has 0 radical (unpaired) electrons. The first-order valence-corrected chi connectivity index (χ1v) is 3.72. The lowest BCUT2D eigenvalue weighted by atomic mass is 10.5. The molecule has 1 rings (SSSR count). The van der Waals surface area contributed by atoms with E-state index in [-0.39, 0.29) is 5.82 Å². The average molecular weight is 162 g/mol. The van der Waals surface area contributed by atoms with E-state index in [2.05, 4.69) is 9.97 Å². The number of hydrogen-bond donors (Lipinski definition) is 0. The van der Waals surface area contributed by atoms with Crippen LogP contribution in [0.5, 0.6) is 0 Å². The maximum atomic E-state index is 8.52. The molecule has 0 unspecified atom stereocenters. The monoisotopic (exact) mass is 162 g/mol. The quantitative estimate of drug-likeness (QED) is 0.645. The lowest BCUT2D eigenvalue weighted by Crippen LogP contribution is -2.17. The molecule has 0 amide bonds. The van der Waals surface area contributed by atoms with Gasteiger partial charge < -0.3 is 4.90 Å². The molecule has 1 heterocycles. The Morgan fingerprint density at radius 3 is 3.00 bits per heavy atom. The van der Waals surface area contributed by atoms with Crippen molar-refractivity contribution < 1.29 is 0 Å². The SMILES string of the molecule is CCN(C)c1ccnc(C#N)n1. The summed E-state index contributed by atoms with van der Waals surface area (Å²) in [5.41, 5.74) is 0. The first-order chi connectivity index (χ1) is 5.77. The lowest BCUT2D eigenvalue weighted by Gasteiger charge is -2.14. The predicted molar refractivity (Wildman–Crippen MR) is 45.7 cm³/mol. The fraction of sp³-hybridized carbons (Fsp3) is 0.375. The van der Waals surface area contributed by atoms with Crippen LogP contribution in [0.1, 0.15) is 12.7 Å². The van der Waals surface area contributed by atoms with Crippen molar-refractivity contribution in [3.63, 3.8) is 0 Å². The molecule has 12 heavy (non-hydrogen) atoms. The van der Waals surface area contributed by atoms with Gasteiger partial charge >= 0.3 is 0 Å². The highest BCUT2D eigenvalue weighted by Crippen LogP contribution is 2.05. The fourth-order valence-electron chi connectivity index (χ4n) is 0.778. The van der Waals surface area contributed by atoms with Gasteiger partial charge in [0.15, 0.2) is 0 Å². The topological polar surface area (TPSA) is 52.8 Å². The standard InChI is InChI=1S/C8H10N4/c1-3-12(2)8-4-5-10-7(6-9)11-8/h4-5H,3H2,1-2H3. The van der Waals surface area contributed by atoms with Crippen LogP contribution in [0.2, 0.25) is 0 Å². The largest absolute Gasteiger partial charge is 0.360 e. The molecule has 0 aliphatic heterocycles. The van der Waals surface area contributed by atoms with Crippen LogP contribution in [-0.2, 0) is 0 Å². The summed E-state index contributed by atoms with van der Waals surface area (Å²) in [6, 6.07) is 3.68. The number of hydrogen-bond acceptors (Lipinski definition) is 4. The summed E-state index contributed by atoms with van der Waals surface area (Å²) in [5, 5.41) is 8.52. The maximum absolute atomic E-state index is 8.52. The van der Waals surface area contributed by atoms with Gasteiger partial charge in [-0.25, -0.2) is 9.97 Å². The normalized spacial score (nSPS) is 9.08. The summed E-state index contributed by atoms with van der Waals surface area (Å²) in [7, 11) is 1.92. The highest BCUT2D eigenvalue weighted by Gasteiger charge is 2.00. The molecule has 0 aliphatic rings. The van der Waals surface area contributed by atoms with E-state index in [0.29, 0.717) is 0 Å². The molecule has 0 saturated heterocycles. The van der Waals surface area contributed by atoms with Gasteiger partial charge in [-0.1, -0.05) is 0 Å². The van der Waals surface area contributed by atoms with E-state index in [1.54, 1.807) is 12.3 Å². The summed E-state index contributed by atoms with van der Waals surface area (Å²) in [6.45, 7) is 2.88. The molecule has 0 atom stereocenters. The van der Waals surface area contributed by atoms with Gasteiger partial charge in [0.2, 0.25) is 5.82 Å². The Hall–Kier alpha value is -1.63. The molecule has 0 N–H and O–H groups in total. The minimum Gasteiger partial charge on any atom is -0.360 e. The Balaban J connectivity index is 2.95. The Bertz CT molecular complexity index is 302. The Morgan fingerprint density at radius 1 is 1.67 bits per heavy atom. The van der Waals surface area contributed by atoms with Crippen molar-refractivity contribution in [3.8, 4) is 6.07 Å². The Labute approximate surface area is 71.5 Å². The number of nitriles is 1. The maximum Gasteiger partial charge on any atom is 0.234 e. The van der Waals surface area contributed by atoms with Crippen molar-refractivity contribution in [2.75, 3.05) is 18.5 Å². The van der Waals surface area contributed by atoms with Crippen molar-refractivity contribution in [3.05, 3.63) is 18.1 Å². The summed E-state index contributed by atoms with van der Waals surface area (Å²) in [6.07, 6.45) is 1.59. The molecule has 0 spiro atoms. The lowest BCUT2D eigenvalue weighted by molar-refractivity contribution is 0.922. The zero-order valence-corrected chi connectivity index (χ0v) is 7.15. The molecule has 0 aliphatic carbocycles. The Kier molecular flexibility index (Phi) is 2.59. The van der Waals surface area contributed by atoms with Crippen molar-refractivity contribution >= 4 is 5.82 Å². The van der Waals surface area contributed by atoms with Crippen LogP contribution < -0.4 is 4.90 Å². The van der Waals surface area contributed by atoms with E-state index in [1.807, 2.05) is 24.9 Å². The average Bonchev–Trinajstić information content (AvgIpc) is 2.17. The first kappa shape index (κ1) is 8.47.